The van der Waals surface area contributed by atoms with E-state index < -0.39 is 0 Å². The Bertz CT molecular complexity index is 354. The van der Waals surface area contributed by atoms with Gasteiger partial charge < -0.3 is 5.32 Å². The van der Waals surface area contributed by atoms with Gasteiger partial charge in [-0.15, -0.1) is 0 Å². The fourth-order valence-corrected chi connectivity index (χ4v) is 2.55. The summed E-state index contributed by atoms with van der Waals surface area (Å²) in [6, 6.07) is 1.91. The quantitative estimate of drug-likeness (QED) is 0.713. The SMILES string of the molecule is CCCCC(CC)CC(NCC)c1ccncc1F. The number of hydrogen-bond donors (Lipinski definition) is 1. The second-order valence-electron chi connectivity index (χ2n) is 5.16. The lowest BCUT2D eigenvalue weighted by atomic mass is 9.89. The number of halogens is 1. The lowest BCUT2D eigenvalue weighted by molar-refractivity contribution is 0.350. The summed E-state index contributed by atoms with van der Waals surface area (Å²) in [7, 11) is 0. The Balaban J connectivity index is 2.74. The van der Waals surface area contributed by atoms with Gasteiger partial charge in [0.1, 0.15) is 5.82 Å². The molecule has 2 unspecified atom stereocenters. The molecule has 0 bridgehead atoms. The van der Waals surface area contributed by atoms with Crippen LogP contribution in [0.5, 0.6) is 0 Å². The fourth-order valence-electron chi connectivity index (χ4n) is 2.55. The first kappa shape index (κ1) is 16.1. The molecule has 3 heteroatoms. The summed E-state index contributed by atoms with van der Waals surface area (Å²) < 4.78 is 13.9. The number of nitrogens with zero attached hydrogens (tertiary/aromatic N) is 1. The van der Waals surface area contributed by atoms with Crippen molar-refractivity contribution in [3.05, 3.63) is 29.8 Å². The minimum Gasteiger partial charge on any atom is -0.310 e. The third-order valence-corrected chi connectivity index (χ3v) is 3.74. The van der Waals surface area contributed by atoms with E-state index in [0.717, 1.165) is 24.9 Å². The van der Waals surface area contributed by atoms with Gasteiger partial charge in [-0.05, 0) is 24.9 Å². The normalized spacial score (nSPS) is 14.3. The van der Waals surface area contributed by atoms with E-state index in [2.05, 4.69) is 31.1 Å². The highest BCUT2D eigenvalue weighted by Gasteiger charge is 2.18. The van der Waals surface area contributed by atoms with Gasteiger partial charge in [0.15, 0.2) is 0 Å². The second-order valence-corrected chi connectivity index (χ2v) is 5.16. The van der Waals surface area contributed by atoms with Gasteiger partial charge in [0.2, 0.25) is 0 Å². The standard InChI is InChI=1S/C16H27FN2/c1-4-7-8-13(5-2)11-16(19-6-3)14-9-10-18-12-15(14)17/h9-10,12-13,16,19H,4-8,11H2,1-3H3. The van der Waals surface area contributed by atoms with Crippen LogP contribution in [0.3, 0.4) is 0 Å². The van der Waals surface area contributed by atoms with Crippen LogP contribution < -0.4 is 5.32 Å². The van der Waals surface area contributed by atoms with Gasteiger partial charge in [0, 0.05) is 17.8 Å². The van der Waals surface area contributed by atoms with Gasteiger partial charge >= 0.3 is 0 Å². The molecule has 0 aliphatic carbocycles. The number of nitrogens with one attached hydrogen (secondary N) is 1. The molecule has 1 N–H and O–H groups in total. The van der Waals surface area contributed by atoms with E-state index >= 15 is 0 Å². The molecule has 0 aromatic carbocycles. The summed E-state index contributed by atoms with van der Waals surface area (Å²) >= 11 is 0. The van der Waals surface area contributed by atoms with Gasteiger partial charge in [-0.1, -0.05) is 46.5 Å². The minimum absolute atomic E-state index is 0.106. The zero-order valence-electron chi connectivity index (χ0n) is 12.5. The van der Waals surface area contributed by atoms with Crippen LogP contribution in [0.15, 0.2) is 18.5 Å². The molecule has 0 saturated carbocycles. The Morgan fingerprint density at radius 1 is 1.32 bits per heavy atom. The third-order valence-electron chi connectivity index (χ3n) is 3.74. The van der Waals surface area contributed by atoms with Crippen molar-refractivity contribution in [2.24, 2.45) is 5.92 Å². The minimum atomic E-state index is -0.196. The highest BCUT2D eigenvalue weighted by molar-refractivity contribution is 5.17. The summed E-state index contributed by atoms with van der Waals surface area (Å²) in [4.78, 5) is 3.83. The molecule has 0 aliphatic rings. The van der Waals surface area contributed by atoms with E-state index in [1.165, 1.54) is 25.5 Å². The number of aromatic nitrogens is 1. The first-order valence-corrected chi connectivity index (χ1v) is 7.55. The maximum Gasteiger partial charge on any atom is 0.146 e. The number of hydrogen-bond acceptors (Lipinski definition) is 2. The molecule has 0 fully saturated rings. The average Bonchev–Trinajstić information content (AvgIpc) is 2.43. The number of pyridine rings is 1. The van der Waals surface area contributed by atoms with E-state index in [0.29, 0.717) is 5.92 Å². The van der Waals surface area contributed by atoms with Crippen molar-refractivity contribution in [3.8, 4) is 0 Å². The maximum absolute atomic E-state index is 13.9. The van der Waals surface area contributed by atoms with Crippen LogP contribution in [0, 0.1) is 11.7 Å². The predicted octanol–water partition coefficient (Wildman–Crippen LogP) is 4.48. The second kappa shape index (κ2) is 9.03. The summed E-state index contributed by atoms with van der Waals surface area (Å²) in [5, 5.41) is 3.41. The third kappa shape index (κ3) is 5.27. The molecule has 1 aromatic heterocycles. The molecule has 108 valence electrons. The van der Waals surface area contributed by atoms with Crippen molar-refractivity contribution in [2.45, 2.75) is 58.9 Å². The van der Waals surface area contributed by atoms with Crippen molar-refractivity contribution >= 4 is 0 Å². The Labute approximate surface area is 116 Å². The smallest absolute Gasteiger partial charge is 0.146 e. The molecule has 0 saturated heterocycles. The summed E-state index contributed by atoms with van der Waals surface area (Å²) in [5.41, 5.74) is 0.756. The largest absolute Gasteiger partial charge is 0.310 e. The van der Waals surface area contributed by atoms with Crippen LogP contribution in [0.2, 0.25) is 0 Å². The van der Waals surface area contributed by atoms with E-state index in [1.807, 2.05) is 0 Å². The topological polar surface area (TPSA) is 24.9 Å². The van der Waals surface area contributed by atoms with Crippen LogP contribution in [0.4, 0.5) is 4.39 Å². The van der Waals surface area contributed by atoms with Crippen LogP contribution in [0.25, 0.3) is 0 Å². The molecule has 0 spiro atoms. The lowest BCUT2D eigenvalue weighted by Crippen LogP contribution is -2.24. The average molecular weight is 266 g/mol. The van der Waals surface area contributed by atoms with E-state index in [1.54, 1.807) is 12.3 Å². The van der Waals surface area contributed by atoms with Gasteiger partial charge in [-0.25, -0.2) is 4.39 Å². The molecule has 0 aliphatic heterocycles. The summed E-state index contributed by atoms with van der Waals surface area (Å²) in [5.74, 6) is 0.468. The molecular formula is C16H27FN2. The maximum atomic E-state index is 13.9. The first-order chi connectivity index (χ1) is 9.22. The van der Waals surface area contributed by atoms with Crippen LogP contribution in [-0.2, 0) is 0 Å². The monoisotopic (exact) mass is 266 g/mol. The lowest BCUT2D eigenvalue weighted by Gasteiger charge is -2.24. The van der Waals surface area contributed by atoms with Crippen LogP contribution >= 0.6 is 0 Å². The van der Waals surface area contributed by atoms with Crippen LogP contribution in [-0.4, -0.2) is 11.5 Å². The van der Waals surface area contributed by atoms with Crippen molar-refractivity contribution in [1.29, 1.82) is 0 Å². The van der Waals surface area contributed by atoms with E-state index in [-0.39, 0.29) is 11.9 Å². The summed E-state index contributed by atoms with van der Waals surface area (Å²) in [6.07, 6.45) is 8.88. The zero-order chi connectivity index (χ0) is 14.1. The van der Waals surface area contributed by atoms with E-state index in [4.69, 9.17) is 0 Å². The fraction of sp³-hybridized carbons (Fsp3) is 0.688. The number of unbranched alkanes of at least 4 members (excludes halogenated alkanes) is 1. The Kier molecular flexibility index (Phi) is 7.65. The van der Waals surface area contributed by atoms with Crippen molar-refractivity contribution in [2.75, 3.05) is 6.54 Å². The van der Waals surface area contributed by atoms with Gasteiger partial charge in [-0.2, -0.15) is 0 Å². The predicted molar refractivity (Wildman–Crippen MR) is 78.5 cm³/mol. The number of rotatable bonds is 9. The highest BCUT2D eigenvalue weighted by atomic mass is 19.1. The molecule has 2 nitrogen and oxygen atoms in total. The van der Waals surface area contributed by atoms with E-state index in [9.17, 15) is 4.39 Å². The van der Waals surface area contributed by atoms with Gasteiger partial charge in [-0.3, -0.25) is 4.98 Å². The Hall–Kier alpha value is -0.960. The molecule has 1 aromatic rings. The van der Waals surface area contributed by atoms with Crippen molar-refractivity contribution < 1.29 is 4.39 Å². The van der Waals surface area contributed by atoms with Crippen molar-refractivity contribution in [1.82, 2.24) is 10.3 Å². The first-order valence-electron chi connectivity index (χ1n) is 7.55. The Morgan fingerprint density at radius 2 is 2.11 bits per heavy atom. The highest BCUT2D eigenvalue weighted by Crippen LogP contribution is 2.27. The molecular weight excluding hydrogens is 239 g/mol. The summed E-state index contributed by atoms with van der Waals surface area (Å²) in [6.45, 7) is 7.37. The van der Waals surface area contributed by atoms with Gasteiger partial charge in [0.25, 0.3) is 0 Å². The Morgan fingerprint density at radius 3 is 2.68 bits per heavy atom. The van der Waals surface area contributed by atoms with Gasteiger partial charge in [0.05, 0.1) is 6.20 Å². The molecule has 1 heterocycles. The molecule has 2 atom stereocenters. The molecule has 1 rings (SSSR count). The van der Waals surface area contributed by atoms with Crippen LogP contribution in [0.1, 0.15) is 64.5 Å². The molecule has 0 radical (unpaired) electrons. The molecule has 0 amide bonds. The molecule has 19 heavy (non-hydrogen) atoms. The van der Waals surface area contributed by atoms with Crippen molar-refractivity contribution in [3.63, 3.8) is 0 Å². The zero-order valence-corrected chi connectivity index (χ0v) is 12.5.